The number of amides is 1. The number of nitrogens with one attached hydrogen (secondary N) is 2. The topological polar surface area (TPSA) is 94.9 Å². The standard InChI is InChI=1S/C26H29N3O5/c30-26(28-14-18-6-7-24-25(10-18)33-17-32-24)12-19-8-9-27-15-20(19)11-21-13-23(34-29-21)16-31-22-4-2-1-3-5-22/h1-7,10,13,19-20,27H,8-9,11-12,14-17H2,(H,28,30)/t19-,20-/m0/s1. The van der Waals surface area contributed by atoms with Crippen LogP contribution < -0.4 is 24.8 Å². The van der Waals surface area contributed by atoms with Gasteiger partial charge in [0, 0.05) is 19.0 Å². The molecule has 0 bridgehead atoms. The predicted molar refractivity (Wildman–Crippen MR) is 124 cm³/mol. The van der Waals surface area contributed by atoms with Gasteiger partial charge in [-0.25, -0.2) is 0 Å². The Morgan fingerprint density at radius 1 is 1.09 bits per heavy atom. The Morgan fingerprint density at radius 2 is 1.97 bits per heavy atom. The molecule has 2 N–H and O–H groups in total. The molecule has 178 valence electrons. The van der Waals surface area contributed by atoms with Crippen LogP contribution in [0.25, 0.3) is 0 Å². The molecule has 2 aliphatic heterocycles. The van der Waals surface area contributed by atoms with Crippen LogP contribution in [0.5, 0.6) is 17.2 Å². The van der Waals surface area contributed by atoms with Gasteiger partial charge in [0.2, 0.25) is 12.7 Å². The lowest BCUT2D eigenvalue weighted by atomic mass is 9.81. The molecule has 8 nitrogen and oxygen atoms in total. The minimum Gasteiger partial charge on any atom is -0.486 e. The van der Waals surface area contributed by atoms with Crippen molar-refractivity contribution in [3.8, 4) is 17.2 Å². The molecule has 2 aliphatic rings. The Kier molecular flexibility index (Phi) is 6.95. The lowest BCUT2D eigenvalue weighted by Crippen LogP contribution is -2.40. The third-order valence-electron chi connectivity index (χ3n) is 6.34. The third kappa shape index (κ3) is 5.69. The number of carbonyl (C=O) groups excluding carboxylic acids is 1. The number of hydrogen-bond donors (Lipinski definition) is 2. The van der Waals surface area contributed by atoms with Gasteiger partial charge in [-0.1, -0.05) is 29.4 Å². The molecule has 2 aromatic carbocycles. The van der Waals surface area contributed by atoms with E-state index in [2.05, 4.69) is 15.8 Å². The lowest BCUT2D eigenvalue weighted by Gasteiger charge is -2.31. The first-order chi connectivity index (χ1) is 16.7. The zero-order valence-electron chi connectivity index (χ0n) is 19.0. The van der Waals surface area contributed by atoms with Crippen molar-refractivity contribution >= 4 is 5.91 Å². The second kappa shape index (κ2) is 10.6. The highest BCUT2D eigenvalue weighted by Gasteiger charge is 2.28. The molecule has 8 heteroatoms. The smallest absolute Gasteiger partial charge is 0.231 e. The fourth-order valence-corrected chi connectivity index (χ4v) is 4.51. The monoisotopic (exact) mass is 463 g/mol. The van der Waals surface area contributed by atoms with E-state index in [1.54, 1.807) is 0 Å². The van der Waals surface area contributed by atoms with Crippen LogP contribution in [0.15, 0.2) is 59.1 Å². The Labute approximate surface area is 198 Å². The average molecular weight is 464 g/mol. The molecule has 0 spiro atoms. The van der Waals surface area contributed by atoms with Gasteiger partial charge in [-0.2, -0.15) is 0 Å². The highest BCUT2D eigenvalue weighted by Crippen LogP contribution is 2.32. The van der Waals surface area contributed by atoms with Gasteiger partial charge >= 0.3 is 0 Å². The number of nitrogens with zero attached hydrogens (tertiary/aromatic N) is 1. The average Bonchev–Trinajstić information content (AvgIpc) is 3.52. The van der Waals surface area contributed by atoms with E-state index in [1.165, 1.54) is 0 Å². The molecule has 2 atom stereocenters. The van der Waals surface area contributed by atoms with E-state index in [9.17, 15) is 4.79 Å². The van der Waals surface area contributed by atoms with Crippen LogP contribution in [0.2, 0.25) is 0 Å². The quantitative estimate of drug-likeness (QED) is 0.502. The predicted octanol–water partition coefficient (Wildman–Crippen LogP) is 3.46. The summed E-state index contributed by atoms with van der Waals surface area (Å²) < 4.78 is 22.0. The maximum Gasteiger partial charge on any atom is 0.231 e. The molecule has 3 aromatic rings. The van der Waals surface area contributed by atoms with Crippen molar-refractivity contribution in [2.45, 2.75) is 32.4 Å². The van der Waals surface area contributed by atoms with Crippen molar-refractivity contribution in [3.63, 3.8) is 0 Å². The zero-order valence-corrected chi connectivity index (χ0v) is 19.0. The second-order valence-corrected chi connectivity index (χ2v) is 8.77. The Balaban J connectivity index is 1.11. The number of fused-ring (bicyclic) bond motifs is 1. The summed E-state index contributed by atoms with van der Waals surface area (Å²) in [5.74, 6) is 3.63. The minimum atomic E-state index is 0.0617. The SMILES string of the molecule is O=C(C[C@@H]1CCNC[C@@H]1Cc1cc(COc2ccccc2)on1)NCc1ccc2c(c1)OCO2. The van der Waals surface area contributed by atoms with E-state index in [0.29, 0.717) is 37.2 Å². The van der Waals surface area contributed by atoms with Crippen LogP contribution in [0.4, 0.5) is 0 Å². The molecule has 0 aliphatic carbocycles. The molecule has 1 fully saturated rings. The van der Waals surface area contributed by atoms with Crippen LogP contribution in [-0.2, 0) is 24.4 Å². The maximum absolute atomic E-state index is 12.7. The van der Waals surface area contributed by atoms with E-state index < -0.39 is 0 Å². The van der Waals surface area contributed by atoms with Crippen molar-refractivity contribution in [1.29, 1.82) is 0 Å². The minimum absolute atomic E-state index is 0.0617. The van der Waals surface area contributed by atoms with E-state index in [-0.39, 0.29) is 12.7 Å². The normalized spacial score (nSPS) is 19.1. The molecule has 0 saturated carbocycles. The number of piperidine rings is 1. The Hall–Kier alpha value is -3.52. The van der Waals surface area contributed by atoms with Crippen molar-refractivity contribution in [2.75, 3.05) is 19.9 Å². The van der Waals surface area contributed by atoms with Gasteiger partial charge in [-0.3, -0.25) is 4.79 Å². The fraction of sp³-hybridized carbons (Fsp3) is 0.385. The van der Waals surface area contributed by atoms with Gasteiger partial charge in [-0.05, 0) is 67.6 Å². The summed E-state index contributed by atoms with van der Waals surface area (Å²) >= 11 is 0. The van der Waals surface area contributed by atoms with E-state index >= 15 is 0 Å². The summed E-state index contributed by atoms with van der Waals surface area (Å²) in [4.78, 5) is 12.7. The van der Waals surface area contributed by atoms with Crippen molar-refractivity contribution in [2.24, 2.45) is 11.8 Å². The Bertz CT molecular complexity index is 1100. The van der Waals surface area contributed by atoms with Gasteiger partial charge in [0.25, 0.3) is 0 Å². The molecule has 1 saturated heterocycles. The number of aromatic nitrogens is 1. The Morgan fingerprint density at radius 3 is 2.88 bits per heavy atom. The molecule has 1 aromatic heterocycles. The molecule has 3 heterocycles. The summed E-state index contributed by atoms with van der Waals surface area (Å²) in [5.41, 5.74) is 1.89. The molecule has 0 radical (unpaired) electrons. The first kappa shape index (κ1) is 22.3. The molecule has 0 unspecified atom stereocenters. The summed E-state index contributed by atoms with van der Waals surface area (Å²) in [6.45, 7) is 2.84. The van der Waals surface area contributed by atoms with Gasteiger partial charge in [-0.15, -0.1) is 0 Å². The molecule has 5 rings (SSSR count). The summed E-state index contributed by atoms with van der Waals surface area (Å²) in [7, 11) is 0. The molecular weight excluding hydrogens is 434 g/mol. The zero-order chi connectivity index (χ0) is 23.2. The van der Waals surface area contributed by atoms with Crippen molar-refractivity contribution < 1.29 is 23.5 Å². The largest absolute Gasteiger partial charge is 0.486 e. The fourth-order valence-electron chi connectivity index (χ4n) is 4.51. The van der Waals surface area contributed by atoms with E-state index in [4.69, 9.17) is 18.7 Å². The van der Waals surface area contributed by atoms with Crippen LogP contribution >= 0.6 is 0 Å². The lowest BCUT2D eigenvalue weighted by molar-refractivity contribution is -0.122. The number of carbonyl (C=O) groups is 1. The highest BCUT2D eigenvalue weighted by atomic mass is 16.7. The number of ether oxygens (including phenoxy) is 3. The van der Waals surface area contributed by atoms with Crippen LogP contribution in [-0.4, -0.2) is 30.9 Å². The number of rotatable bonds is 9. The summed E-state index contributed by atoms with van der Waals surface area (Å²) in [6, 6.07) is 17.3. The molecule has 1 amide bonds. The maximum atomic E-state index is 12.7. The molecule has 34 heavy (non-hydrogen) atoms. The van der Waals surface area contributed by atoms with Crippen LogP contribution in [0.3, 0.4) is 0 Å². The van der Waals surface area contributed by atoms with E-state index in [1.807, 2.05) is 54.6 Å². The van der Waals surface area contributed by atoms with Crippen LogP contribution in [0, 0.1) is 11.8 Å². The van der Waals surface area contributed by atoms with Crippen LogP contribution in [0.1, 0.15) is 29.9 Å². The van der Waals surface area contributed by atoms with Gasteiger partial charge in [0.05, 0.1) is 5.69 Å². The third-order valence-corrected chi connectivity index (χ3v) is 6.34. The van der Waals surface area contributed by atoms with Crippen molar-refractivity contribution in [3.05, 3.63) is 71.6 Å². The summed E-state index contributed by atoms with van der Waals surface area (Å²) in [6.07, 6.45) is 2.23. The van der Waals surface area contributed by atoms with Gasteiger partial charge in [0.15, 0.2) is 17.3 Å². The number of hydrogen-bond acceptors (Lipinski definition) is 7. The van der Waals surface area contributed by atoms with Crippen molar-refractivity contribution in [1.82, 2.24) is 15.8 Å². The number of para-hydroxylation sites is 1. The molecular formula is C26H29N3O5. The number of benzene rings is 2. The van der Waals surface area contributed by atoms with Gasteiger partial charge in [0.1, 0.15) is 12.4 Å². The van der Waals surface area contributed by atoms with Gasteiger partial charge < -0.3 is 29.4 Å². The summed E-state index contributed by atoms with van der Waals surface area (Å²) in [5, 5.41) is 10.7. The second-order valence-electron chi connectivity index (χ2n) is 8.77. The van der Waals surface area contributed by atoms with E-state index in [0.717, 1.165) is 54.4 Å². The first-order valence-corrected chi connectivity index (χ1v) is 11.7. The highest BCUT2D eigenvalue weighted by molar-refractivity contribution is 5.76. The first-order valence-electron chi connectivity index (χ1n) is 11.7.